The molecule has 0 saturated heterocycles. The van der Waals surface area contributed by atoms with Crippen LogP contribution in [0.1, 0.15) is 40.5 Å². The van der Waals surface area contributed by atoms with Crippen LogP contribution in [0.3, 0.4) is 0 Å². The van der Waals surface area contributed by atoms with E-state index in [1.54, 1.807) is 13.8 Å². The second-order valence-electron chi connectivity index (χ2n) is 2.28. The van der Waals surface area contributed by atoms with Gasteiger partial charge in [-0.3, -0.25) is 10.5 Å². The summed E-state index contributed by atoms with van der Waals surface area (Å²) < 4.78 is 0. The third kappa shape index (κ3) is 172. The third-order valence-corrected chi connectivity index (χ3v) is 0.705. The fraction of sp³-hybridized carbons (Fsp3) is 1.00. The Morgan fingerprint density at radius 2 is 0.824 bits per heavy atom. The van der Waals surface area contributed by atoms with Crippen molar-refractivity contribution in [2.24, 2.45) is 0 Å². The van der Waals surface area contributed by atoms with Crippen LogP contribution in [0.25, 0.3) is 0 Å². The fourth-order valence-corrected chi connectivity index (χ4v) is 0. The van der Waals surface area contributed by atoms with Gasteiger partial charge in [0.15, 0.2) is 0 Å². The Balaban J connectivity index is -0.0000000369. The van der Waals surface area contributed by atoms with Gasteiger partial charge in [-0.15, -0.1) is 0 Å². The predicted molar refractivity (Wildman–Crippen MR) is 63.3 cm³/mol. The van der Waals surface area contributed by atoms with Gasteiger partial charge < -0.3 is 10.2 Å². The molecule has 0 saturated carbocycles. The van der Waals surface area contributed by atoms with Crippen LogP contribution in [-0.2, 0) is 31.5 Å². The zero-order valence-corrected chi connectivity index (χ0v) is 12.9. The normalized spacial score (nSPS) is 7.06. The quantitative estimate of drug-likeness (QED) is 0.358. The first kappa shape index (κ1) is 30.5. The summed E-state index contributed by atoms with van der Waals surface area (Å²) >= 11 is 0. The van der Waals surface area contributed by atoms with E-state index in [0.717, 1.165) is 12.8 Å². The minimum absolute atomic E-state index is 0. The average Bonchev–Trinajstić information content (AvgIpc) is 2.39. The SMILES string of the molecule is CCCO.CCCO.CCOO.CCOO.[Ti]. The van der Waals surface area contributed by atoms with Crippen molar-refractivity contribution < 1.29 is 52.2 Å². The zero-order valence-electron chi connectivity index (χ0n) is 11.3. The number of rotatable bonds is 4. The van der Waals surface area contributed by atoms with Gasteiger partial charge >= 0.3 is 0 Å². The van der Waals surface area contributed by atoms with E-state index < -0.39 is 0 Å². The van der Waals surface area contributed by atoms with Gasteiger partial charge in [-0.25, -0.2) is 9.78 Å². The Morgan fingerprint density at radius 3 is 0.824 bits per heavy atom. The first-order valence-corrected chi connectivity index (χ1v) is 5.40. The Hall–Kier alpha value is 0.474. The molecular weight excluding hydrogens is 264 g/mol. The predicted octanol–water partition coefficient (Wildman–Crippen LogP) is 1.77. The largest absolute Gasteiger partial charge is 0.396 e. The Kier molecular flexibility index (Phi) is 98.5. The van der Waals surface area contributed by atoms with Gasteiger partial charge in [0, 0.05) is 34.9 Å². The molecule has 0 atom stereocenters. The maximum atomic E-state index is 7.88. The minimum Gasteiger partial charge on any atom is -0.396 e. The summed E-state index contributed by atoms with van der Waals surface area (Å²) in [5.74, 6) is 0. The molecule has 108 valence electrons. The molecule has 0 bridgehead atoms. The van der Waals surface area contributed by atoms with Gasteiger partial charge in [-0.2, -0.15) is 0 Å². The fourth-order valence-electron chi connectivity index (χ4n) is 0. The Bertz CT molecular complexity index is 44.8. The van der Waals surface area contributed by atoms with Crippen LogP contribution in [-0.4, -0.2) is 47.2 Å². The van der Waals surface area contributed by atoms with E-state index in [0.29, 0.717) is 26.4 Å². The average molecular weight is 292 g/mol. The zero-order chi connectivity index (χ0) is 13.7. The van der Waals surface area contributed by atoms with Gasteiger partial charge in [0.05, 0.1) is 13.2 Å². The molecule has 0 unspecified atom stereocenters. The maximum Gasteiger partial charge on any atom is 0.0791 e. The first-order valence-electron chi connectivity index (χ1n) is 5.40. The number of hydrogen-bond acceptors (Lipinski definition) is 6. The van der Waals surface area contributed by atoms with Crippen LogP contribution in [0.4, 0.5) is 0 Å². The van der Waals surface area contributed by atoms with Gasteiger partial charge in [0.1, 0.15) is 0 Å². The van der Waals surface area contributed by atoms with E-state index in [9.17, 15) is 0 Å². The summed E-state index contributed by atoms with van der Waals surface area (Å²) in [5, 5.41) is 30.5. The minimum atomic E-state index is 0. The molecule has 0 fully saturated rings. The first-order chi connectivity index (χ1) is 7.66. The molecule has 0 radical (unpaired) electrons. The summed E-state index contributed by atoms with van der Waals surface area (Å²) in [4.78, 5) is 7.08. The van der Waals surface area contributed by atoms with Gasteiger partial charge in [0.2, 0.25) is 0 Å². The van der Waals surface area contributed by atoms with Crippen molar-refractivity contribution in [1.29, 1.82) is 0 Å². The van der Waals surface area contributed by atoms with Crippen molar-refractivity contribution in [3.8, 4) is 0 Å². The molecule has 0 rings (SSSR count). The van der Waals surface area contributed by atoms with E-state index >= 15 is 0 Å². The molecule has 0 amide bonds. The van der Waals surface area contributed by atoms with Gasteiger partial charge in [-0.05, 0) is 26.7 Å². The summed E-state index contributed by atoms with van der Waals surface area (Å²) in [5.41, 5.74) is 0. The van der Waals surface area contributed by atoms with Crippen LogP contribution in [0.5, 0.6) is 0 Å². The molecule has 0 aromatic rings. The van der Waals surface area contributed by atoms with Crippen molar-refractivity contribution in [3.63, 3.8) is 0 Å². The molecule has 0 aliphatic rings. The molecule has 7 heteroatoms. The molecule has 0 aromatic heterocycles. The monoisotopic (exact) mass is 292 g/mol. The van der Waals surface area contributed by atoms with Crippen LogP contribution in [0.15, 0.2) is 0 Å². The van der Waals surface area contributed by atoms with E-state index in [1.807, 2.05) is 13.8 Å². The molecule has 0 aliphatic carbocycles. The van der Waals surface area contributed by atoms with Crippen LogP contribution < -0.4 is 0 Å². The summed E-state index contributed by atoms with van der Waals surface area (Å²) in [6, 6.07) is 0. The van der Waals surface area contributed by atoms with Crippen molar-refractivity contribution in [2.75, 3.05) is 26.4 Å². The van der Waals surface area contributed by atoms with Crippen LogP contribution in [0.2, 0.25) is 0 Å². The van der Waals surface area contributed by atoms with Gasteiger partial charge in [-0.1, -0.05) is 13.8 Å². The van der Waals surface area contributed by atoms with Gasteiger partial charge in [0.25, 0.3) is 0 Å². The second kappa shape index (κ2) is 54.9. The van der Waals surface area contributed by atoms with Crippen molar-refractivity contribution in [2.45, 2.75) is 40.5 Å². The van der Waals surface area contributed by atoms with Crippen molar-refractivity contribution >= 4 is 0 Å². The molecular formula is C10H28O6Ti. The van der Waals surface area contributed by atoms with Crippen LogP contribution >= 0.6 is 0 Å². The van der Waals surface area contributed by atoms with E-state index in [2.05, 4.69) is 9.78 Å². The van der Waals surface area contributed by atoms with E-state index in [1.165, 1.54) is 0 Å². The van der Waals surface area contributed by atoms with E-state index in [4.69, 9.17) is 20.7 Å². The summed E-state index contributed by atoms with van der Waals surface area (Å²) in [6.07, 6.45) is 1.75. The summed E-state index contributed by atoms with van der Waals surface area (Å²) in [7, 11) is 0. The van der Waals surface area contributed by atoms with E-state index in [-0.39, 0.29) is 21.7 Å². The topological polar surface area (TPSA) is 99.4 Å². The molecule has 17 heavy (non-hydrogen) atoms. The maximum absolute atomic E-state index is 7.88. The number of aliphatic hydroxyl groups is 2. The van der Waals surface area contributed by atoms with Crippen LogP contribution in [0, 0.1) is 0 Å². The smallest absolute Gasteiger partial charge is 0.0791 e. The second-order valence-corrected chi connectivity index (χ2v) is 2.28. The van der Waals surface area contributed by atoms with Crippen molar-refractivity contribution in [3.05, 3.63) is 0 Å². The number of hydrogen-bond donors (Lipinski definition) is 4. The third-order valence-electron chi connectivity index (χ3n) is 0.705. The molecule has 4 N–H and O–H groups in total. The summed E-state index contributed by atoms with van der Waals surface area (Å²) in [6.45, 7) is 8.67. The van der Waals surface area contributed by atoms with Crippen molar-refractivity contribution in [1.82, 2.24) is 0 Å². The molecule has 0 heterocycles. The molecule has 0 aromatic carbocycles. The standard InChI is InChI=1S/2C3H8O.2C2H6O2.Ti/c2*1-2-3-4;2*1-2-4-3;/h2*4H,2-3H2,1H3;2*3H,2H2,1H3;. The Morgan fingerprint density at radius 1 is 0.706 bits per heavy atom. The molecule has 0 spiro atoms. The molecule has 0 aliphatic heterocycles. The molecule has 6 nitrogen and oxygen atoms in total. The Labute approximate surface area is 119 Å². The number of aliphatic hydroxyl groups excluding tert-OH is 2.